The summed E-state index contributed by atoms with van der Waals surface area (Å²) in [5.41, 5.74) is 7.02. The van der Waals surface area contributed by atoms with Gasteiger partial charge in [-0.05, 0) is 25.6 Å². The largest absolute Gasteiger partial charge is 0.389 e. The smallest absolute Gasteiger partial charge is 0.238 e. The van der Waals surface area contributed by atoms with E-state index in [4.69, 9.17) is 22.7 Å². The molecule has 6 heteroatoms. The second-order valence-corrected chi connectivity index (χ2v) is 5.00. The molecule has 1 aromatic rings. The first-order valence-corrected chi connectivity index (χ1v) is 7.47. The lowest BCUT2D eigenvalue weighted by Crippen LogP contribution is -2.35. The van der Waals surface area contributed by atoms with Crippen molar-refractivity contribution in [3.05, 3.63) is 29.8 Å². The molecule has 1 amide bonds. The van der Waals surface area contributed by atoms with Gasteiger partial charge in [0.25, 0.3) is 0 Å². The van der Waals surface area contributed by atoms with Crippen LogP contribution in [0.15, 0.2) is 24.3 Å². The van der Waals surface area contributed by atoms with Crippen LogP contribution in [0.25, 0.3) is 0 Å². The molecule has 0 radical (unpaired) electrons. The number of nitrogens with zero attached hydrogens (tertiary/aromatic N) is 1. The number of carbonyl (C=O) groups excluding carboxylic acids is 1. The number of anilines is 1. The lowest BCUT2D eigenvalue weighted by Gasteiger charge is -2.19. The number of nitrogens with one attached hydrogen (secondary N) is 1. The molecule has 0 unspecified atom stereocenters. The first kappa shape index (κ1) is 17.6. The van der Waals surface area contributed by atoms with Gasteiger partial charge in [-0.1, -0.05) is 31.3 Å². The maximum absolute atomic E-state index is 12.0. The number of amides is 1. The maximum Gasteiger partial charge on any atom is 0.238 e. The fraction of sp³-hybridized carbons (Fsp3) is 0.467. The van der Waals surface area contributed by atoms with E-state index < -0.39 is 0 Å². The molecule has 0 saturated heterocycles. The van der Waals surface area contributed by atoms with Gasteiger partial charge in [-0.2, -0.15) is 0 Å². The Kier molecular flexibility index (Phi) is 7.89. The van der Waals surface area contributed by atoms with Gasteiger partial charge in [0.05, 0.1) is 13.2 Å². The van der Waals surface area contributed by atoms with Gasteiger partial charge in [0.2, 0.25) is 5.91 Å². The van der Waals surface area contributed by atoms with Gasteiger partial charge in [0.15, 0.2) is 0 Å². The standard InChI is InChI=1S/C15H23N3O2S/c1-3-18(8-9-20-4-2)11-14(19)17-13-7-5-6-12(10-13)15(16)21/h5-7,10H,3-4,8-9,11H2,1-2H3,(H2,16,21)(H,17,19). The number of thiocarbonyl (C=S) groups is 1. The summed E-state index contributed by atoms with van der Waals surface area (Å²) >= 11 is 4.93. The molecule has 21 heavy (non-hydrogen) atoms. The Morgan fingerprint density at radius 1 is 1.43 bits per heavy atom. The first-order chi connectivity index (χ1) is 10.1. The summed E-state index contributed by atoms with van der Waals surface area (Å²) in [5.74, 6) is -0.0616. The van der Waals surface area contributed by atoms with Gasteiger partial charge in [-0.25, -0.2) is 0 Å². The van der Waals surface area contributed by atoms with Crippen LogP contribution in [-0.2, 0) is 9.53 Å². The van der Waals surface area contributed by atoms with Crippen LogP contribution in [0.2, 0.25) is 0 Å². The molecular weight excluding hydrogens is 286 g/mol. The van der Waals surface area contributed by atoms with Crippen molar-refractivity contribution < 1.29 is 9.53 Å². The Morgan fingerprint density at radius 3 is 2.81 bits per heavy atom. The average Bonchev–Trinajstić information content (AvgIpc) is 2.46. The molecule has 0 aromatic heterocycles. The summed E-state index contributed by atoms with van der Waals surface area (Å²) in [6, 6.07) is 7.22. The van der Waals surface area contributed by atoms with Crippen molar-refractivity contribution in [2.45, 2.75) is 13.8 Å². The van der Waals surface area contributed by atoms with E-state index in [1.54, 1.807) is 6.07 Å². The topological polar surface area (TPSA) is 67.6 Å². The number of nitrogens with two attached hydrogens (primary N) is 1. The van der Waals surface area contributed by atoms with Gasteiger partial charge in [0.1, 0.15) is 4.99 Å². The van der Waals surface area contributed by atoms with E-state index in [9.17, 15) is 4.79 Å². The fourth-order valence-corrected chi connectivity index (χ4v) is 1.97. The monoisotopic (exact) mass is 309 g/mol. The highest BCUT2D eigenvalue weighted by molar-refractivity contribution is 7.80. The number of carbonyl (C=O) groups is 1. The lowest BCUT2D eigenvalue weighted by molar-refractivity contribution is -0.117. The number of ether oxygens (including phenoxy) is 1. The average molecular weight is 309 g/mol. The predicted molar refractivity (Wildman–Crippen MR) is 89.6 cm³/mol. The van der Waals surface area contributed by atoms with Gasteiger partial charge >= 0.3 is 0 Å². The maximum atomic E-state index is 12.0. The summed E-state index contributed by atoms with van der Waals surface area (Å²) in [5, 5.41) is 2.86. The van der Waals surface area contributed by atoms with E-state index in [2.05, 4.69) is 5.32 Å². The zero-order chi connectivity index (χ0) is 15.7. The van der Waals surface area contributed by atoms with Crippen LogP contribution in [0.5, 0.6) is 0 Å². The molecule has 0 atom stereocenters. The Balaban J connectivity index is 2.52. The molecule has 0 fully saturated rings. The summed E-state index contributed by atoms with van der Waals surface area (Å²) < 4.78 is 5.31. The Morgan fingerprint density at radius 2 is 2.19 bits per heavy atom. The fourth-order valence-electron chi connectivity index (χ4n) is 1.84. The normalized spacial score (nSPS) is 10.6. The van der Waals surface area contributed by atoms with E-state index in [0.29, 0.717) is 30.4 Å². The molecule has 0 saturated carbocycles. The Labute approximate surface area is 131 Å². The zero-order valence-electron chi connectivity index (χ0n) is 12.6. The first-order valence-electron chi connectivity index (χ1n) is 7.06. The molecular formula is C15H23N3O2S. The summed E-state index contributed by atoms with van der Waals surface area (Å²) in [6.45, 7) is 7.17. The van der Waals surface area contributed by atoms with Crippen molar-refractivity contribution in [2.75, 3.05) is 38.2 Å². The van der Waals surface area contributed by atoms with Gasteiger partial charge < -0.3 is 15.8 Å². The summed E-state index contributed by atoms with van der Waals surface area (Å²) in [4.78, 5) is 14.4. The molecule has 0 aliphatic rings. The molecule has 1 aromatic carbocycles. The quantitative estimate of drug-likeness (QED) is 0.536. The van der Waals surface area contributed by atoms with Crippen molar-refractivity contribution >= 4 is 28.8 Å². The SMILES string of the molecule is CCOCCN(CC)CC(=O)Nc1cccc(C(N)=S)c1. The van der Waals surface area contributed by atoms with Crippen LogP contribution in [0.4, 0.5) is 5.69 Å². The highest BCUT2D eigenvalue weighted by atomic mass is 32.1. The summed E-state index contributed by atoms with van der Waals surface area (Å²) in [6.07, 6.45) is 0. The van der Waals surface area contributed by atoms with E-state index in [1.165, 1.54) is 0 Å². The number of hydrogen-bond acceptors (Lipinski definition) is 4. The van der Waals surface area contributed by atoms with E-state index >= 15 is 0 Å². The Bertz CT molecular complexity index is 480. The minimum Gasteiger partial charge on any atom is -0.389 e. The number of hydrogen-bond donors (Lipinski definition) is 2. The van der Waals surface area contributed by atoms with Crippen molar-refractivity contribution in [3.8, 4) is 0 Å². The predicted octanol–water partition coefficient (Wildman–Crippen LogP) is 1.62. The highest BCUT2D eigenvalue weighted by Crippen LogP contribution is 2.10. The number of likely N-dealkylation sites (N-methyl/N-ethyl adjacent to an activating group) is 1. The van der Waals surface area contributed by atoms with Crippen LogP contribution in [0.3, 0.4) is 0 Å². The van der Waals surface area contributed by atoms with E-state index in [1.807, 2.05) is 36.9 Å². The van der Waals surface area contributed by atoms with Gasteiger partial charge in [-0.3, -0.25) is 9.69 Å². The van der Waals surface area contributed by atoms with Gasteiger partial charge in [0, 0.05) is 24.4 Å². The molecule has 0 spiro atoms. The second-order valence-electron chi connectivity index (χ2n) is 4.56. The number of benzene rings is 1. The summed E-state index contributed by atoms with van der Waals surface area (Å²) in [7, 11) is 0. The molecule has 0 aliphatic carbocycles. The van der Waals surface area contributed by atoms with E-state index in [0.717, 1.165) is 18.7 Å². The van der Waals surface area contributed by atoms with E-state index in [-0.39, 0.29) is 5.91 Å². The minimum atomic E-state index is -0.0616. The molecule has 3 N–H and O–H groups in total. The molecule has 1 rings (SSSR count). The van der Waals surface area contributed by atoms with Crippen molar-refractivity contribution in [1.82, 2.24) is 4.90 Å². The van der Waals surface area contributed by atoms with Crippen molar-refractivity contribution in [3.63, 3.8) is 0 Å². The van der Waals surface area contributed by atoms with Crippen molar-refractivity contribution in [2.24, 2.45) is 5.73 Å². The van der Waals surface area contributed by atoms with Crippen LogP contribution >= 0.6 is 12.2 Å². The molecule has 0 bridgehead atoms. The second kappa shape index (κ2) is 9.44. The van der Waals surface area contributed by atoms with Crippen LogP contribution in [-0.4, -0.2) is 48.6 Å². The third-order valence-electron chi connectivity index (χ3n) is 3.00. The highest BCUT2D eigenvalue weighted by Gasteiger charge is 2.09. The van der Waals surface area contributed by atoms with Crippen LogP contribution < -0.4 is 11.1 Å². The molecule has 5 nitrogen and oxygen atoms in total. The van der Waals surface area contributed by atoms with Crippen molar-refractivity contribution in [1.29, 1.82) is 0 Å². The Hall–Kier alpha value is -1.50. The third-order valence-corrected chi connectivity index (χ3v) is 3.24. The van der Waals surface area contributed by atoms with Gasteiger partial charge in [-0.15, -0.1) is 0 Å². The lowest BCUT2D eigenvalue weighted by atomic mass is 10.2. The van der Waals surface area contributed by atoms with Crippen LogP contribution in [0, 0.1) is 0 Å². The molecule has 116 valence electrons. The molecule has 0 heterocycles. The van der Waals surface area contributed by atoms with Crippen LogP contribution in [0.1, 0.15) is 19.4 Å². The zero-order valence-corrected chi connectivity index (χ0v) is 13.4. The molecule has 0 aliphatic heterocycles. The number of rotatable bonds is 9. The minimum absolute atomic E-state index is 0.0616. The third kappa shape index (κ3) is 6.66.